The van der Waals surface area contributed by atoms with E-state index in [2.05, 4.69) is 5.10 Å². The smallest absolute Gasteiger partial charge is 0.161 e. The normalized spacial score (nSPS) is 10.6. The molecule has 0 saturated heterocycles. The average molecular weight is 270 g/mol. The van der Waals surface area contributed by atoms with Gasteiger partial charge in [0.2, 0.25) is 0 Å². The molecule has 0 saturated carbocycles. The van der Waals surface area contributed by atoms with E-state index < -0.39 is 0 Å². The summed E-state index contributed by atoms with van der Waals surface area (Å²) in [4.78, 5) is 0. The molecular formula is C16H18N2O2. The third kappa shape index (κ3) is 3.29. The summed E-state index contributed by atoms with van der Waals surface area (Å²) in [5.74, 6) is 1.40. The van der Waals surface area contributed by atoms with E-state index in [4.69, 9.17) is 9.47 Å². The van der Waals surface area contributed by atoms with E-state index >= 15 is 0 Å². The Morgan fingerprint density at radius 1 is 0.950 bits per heavy atom. The van der Waals surface area contributed by atoms with Gasteiger partial charge in [0.1, 0.15) is 0 Å². The molecule has 2 aromatic rings. The molecule has 0 aliphatic rings. The number of hydrogen-bond acceptors (Lipinski definition) is 4. The zero-order chi connectivity index (χ0) is 14.4. The van der Waals surface area contributed by atoms with Crippen LogP contribution in [0.15, 0.2) is 53.6 Å². The zero-order valence-corrected chi connectivity index (χ0v) is 11.9. The maximum absolute atomic E-state index is 5.27. The van der Waals surface area contributed by atoms with Crippen molar-refractivity contribution in [1.29, 1.82) is 0 Å². The van der Waals surface area contributed by atoms with E-state index in [9.17, 15) is 0 Å². The molecule has 0 fully saturated rings. The molecule has 4 heteroatoms. The maximum atomic E-state index is 5.27. The monoisotopic (exact) mass is 270 g/mol. The lowest BCUT2D eigenvalue weighted by Crippen LogP contribution is -2.08. The van der Waals surface area contributed by atoms with Crippen molar-refractivity contribution < 1.29 is 9.47 Å². The van der Waals surface area contributed by atoms with E-state index in [0.717, 1.165) is 11.3 Å². The van der Waals surface area contributed by atoms with Crippen LogP contribution in [-0.4, -0.2) is 27.5 Å². The molecule has 2 rings (SSSR count). The Morgan fingerprint density at radius 2 is 1.65 bits per heavy atom. The minimum Gasteiger partial charge on any atom is -0.493 e. The minimum absolute atomic E-state index is 0.693. The summed E-state index contributed by atoms with van der Waals surface area (Å²) in [6.45, 7) is 0. The molecule has 0 aromatic heterocycles. The lowest BCUT2D eigenvalue weighted by Gasteiger charge is -2.12. The van der Waals surface area contributed by atoms with Gasteiger partial charge >= 0.3 is 0 Å². The molecule has 0 radical (unpaired) electrons. The zero-order valence-electron chi connectivity index (χ0n) is 11.9. The van der Waals surface area contributed by atoms with Crippen LogP contribution in [0.5, 0.6) is 11.5 Å². The summed E-state index contributed by atoms with van der Waals surface area (Å²) in [6.07, 6.45) is 1.79. The molecular weight excluding hydrogens is 252 g/mol. The summed E-state index contributed by atoms with van der Waals surface area (Å²) in [7, 11) is 5.15. The fourth-order valence-corrected chi connectivity index (χ4v) is 1.80. The molecule has 104 valence electrons. The highest BCUT2D eigenvalue weighted by Crippen LogP contribution is 2.26. The van der Waals surface area contributed by atoms with Crippen molar-refractivity contribution in [2.75, 3.05) is 26.3 Å². The molecule has 0 spiro atoms. The molecule has 0 unspecified atom stereocenters. The van der Waals surface area contributed by atoms with Crippen LogP contribution in [0.2, 0.25) is 0 Å². The molecule has 0 bridgehead atoms. The van der Waals surface area contributed by atoms with Crippen molar-refractivity contribution in [2.45, 2.75) is 0 Å². The van der Waals surface area contributed by atoms with Crippen molar-refractivity contribution in [3.05, 3.63) is 54.1 Å². The number of hydrogen-bond donors (Lipinski definition) is 0. The second-order valence-corrected chi connectivity index (χ2v) is 4.22. The first kappa shape index (κ1) is 13.9. The Balaban J connectivity index is 2.15. The Bertz CT molecular complexity index is 582. The van der Waals surface area contributed by atoms with Crippen LogP contribution in [0.4, 0.5) is 5.69 Å². The second-order valence-electron chi connectivity index (χ2n) is 4.22. The number of methoxy groups -OCH3 is 2. The first-order chi connectivity index (χ1) is 9.74. The number of benzene rings is 2. The van der Waals surface area contributed by atoms with E-state index in [-0.39, 0.29) is 0 Å². The van der Waals surface area contributed by atoms with Crippen molar-refractivity contribution in [2.24, 2.45) is 5.10 Å². The third-order valence-electron chi connectivity index (χ3n) is 2.92. The highest BCUT2D eigenvalue weighted by molar-refractivity contribution is 5.81. The van der Waals surface area contributed by atoms with Gasteiger partial charge in [0.05, 0.1) is 26.1 Å². The van der Waals surface area contributed by atoms with Crippen molar-refractivity contribution >= 4 is 11.9 Å². The Labute approximate surface area is 119 Å². The van der Waals surface area contributed by atoms with Gasteiger partial charge in [-0.1, -0.05) is 18.2 Å². The van der Waals surface area contributed by atoms with E-state index in [1.807, 2.05) is 60.6 Å². The molecule has 0 aliphatic heterocycles. The van der Waals surface area contributed by atoms with Gasteiger partial charge in [-0.25, -0.2) is 0 Å². The van der Waals surface area contributed by atoms with Crippen LogP contribution in [-0.2, 0) is 0 Å². The fourth-order valence-electron chi connectivity index (χ4n) is 1.80. The number of rotatable bonds is 5. The molecule has 0 N–H and O–H groups in total. The number of hydrazone groups is 1. The fraction of sp³-hybridized carbons (Fsp3) is 0.188. The molecule has 20 heavy (non-hydrogen) atoms. The Kier molecular flexibility index (Phi) is 4.60. The summed E-state index contributed by atoms with van der Waals surface area (Å²) in [5, 5.41) is 6.22. The second kappa shape index (κ2) is 6.61. The van der Waals surface area contributed by atoms with E-state index in [0.29, 0.717) is 11.5 Å². The molecule has 0 heterocycles. The van der Waals surface area contributed by atoms with Gasteiger partial charge < -0.3 is 9.47 Å². The Hall–Kier alpha value is -2.49. The van der Waals surface area contributed by atoms with E-state index in [1.165, 1.54) is 0 Å². The number of anilines is 1. The molecule has 4 nitrogen and oxygen atoms in total. The van der Waals surface area contributed by atoms with Crippen molar-refractivity contribution in [1.82, 2.24) is 0 Å². The van der Waals surface area contributed by atoms with Gasteiger partial charge in [0.25, 0.3) is 0 Å². The van der Waals surface area contributed by atoms with Gasteiger partial charge in [0.15, 0.2) is 11.5 Å². The van der Waals surface area contributed by atoms with Crippen molar-refractivity contribution in [3.8, 4) is 11.5 Å². The van der Waals surface area contributed by atoms with Crippen LogP contribution < -0.4 is 14.5 Å². The molecule has 0 amide bonds. The lowest BCUT2D eigenvalue weighted by molar-refractivity contribution is 0.355. The number of ether oxygens (including phenoxy) is 2. The standard InChI is InChI=1S/C16H18N2O2/c1-18(14-7-5-4-6-8-14)17-12-13-9-10-15(19-2)16(11-13)20-3/h4-12H,1-3H3/b17-12+. The largest absolute Gasteiger partial charge is 0.493 e. The number of nitrogens with zero attached hydrogens (tertiary/aromatic N) is 2. The summed E-state index contributed by atoms with van der Waals surface area (Å²) >= 11 is 0. The summed E-state index contributed by atoms with van der Waals surface area (Å²) in [6, 6.07) is 15.6. The summed E-state index contributed by atoms with van der Waals surface area (Å²) < 4.78 is 10.5. The SMILES string of the molecule is COc1ccc(/C=N/N(C)c2ccccc2)cc1OC. The maximum Gasteiger partial charge on any atom is 0.161 e. The summed E-state index contributed by atoms with van der Waals surface area (Å²) in [5.41, 5.74) is 1.98. The van der Waals surface area contributed by atoms with Crippen LogP contribution >= 0.6 is 0 Å². The highest BCUT2D eigenvalue weighted by Gasteiger charge is 2.03. The van der Waals surface area contributed by atoms with Crippen LogP contribution in [0.25, 0.3) is 0 Å². The lowest BCUT2D eigenvalue weighted by atomic mass is 10.2. The quantitative estimate of drug-likeness (QED) is 0.618. The van der Waals surface area contributed by atoms with Crippen molar-refractivity contribution in [3.63, 3.8) is 0 Å². The highest BCUT2D eigenvalue weighted by atomic mass is 16.5. The molecule has 0 atom stereocenters. The predicted octanol–water partition coefficient (Wildman–Crippen LogP) is 3.17. The first-order valence-corrected chi connectivity index (χ1v) is 6.29. The third-order valence-corrected chi connectivity index (χ3v) is 2.92. The first-order valence-electron chi connectivity index (χ1n) is 6.29. The van der Waals surface area contributed by atoms with Gasteiger partial charge in [-0.3, -0.25) is 5.01 Å². The van der Waals surface area contributed by atoms with Gasteiger partial charge in [0, 0.05) is 7.05 Å². The predicted molar refractivity (Wildman–Crippen MR) is 82.0 cm³/mol. The Morgan fingerprint density at radius 3 is 2.30 bits per heavy atom. The van der Waals surface area contributed by atoms with E-state index in [1.54, 1.807) is 20.4 Å². The van der Waals surface area contributed by atoms with Gasteiger partial charge in [-0.05, 0) is 35.9 Å². The van der Waals surface area contributed by atoms with Crippen LogP contribution in [0.1, 0.15) is 5.56 Å². The minimum atomic E-state index is 0.693. The molecule has 2 aromatic carbocycles. The average Bonchev–Trinajstić information content (AvgIpc) is 2.53. The topological polar surface area (TPSA) is 34.1 Å². The van der Waals surface area contributed by atoms with Gasteiger partial charge in [-0.15, -0.1) is 0 Å². The van der Waals surface area contributed by atoms with Gasteiger partial charge in [-0.2, -0.15) is 5.10 Å². The van der Waals surface area contributed by atoms with Crippen LogP contribution in [0, 0.1) is 0 Å². The van der Waals surface area contributed by atoms with Crippen LogP contribution in [0.3, 0.4) is 0 Å². The number of para-hydroxylation sites is 1. The molecule has 0 aliphatic carbocycles.